The number of ether oxygens (including phenoxy) is 4. The van der Waals surface area contributed by atoms with Gasteiger partial charge in [0.25, 0.3) is 0 Å². The lowest BCUT2D eigenvalue weighted by Gasteiger charge is -2.29. The summed E-state index contributed by atoms with van der Waals surface area (Å²) in [5, 5.41) is 2.38. The number of hydrogen-bond acceptors (Lipinski definition) is 21. The Morgan fingerprint density at radius 2 is 1.58 bits per heavy atom. The molecule has 10 atom stereocenters. The van der Waals surface area contributed by atoms with E-state index in [9.17, 15) is 24.2 Å². The third-order valence-electron chi connectivity index (χ3n) is 8.70. The van der Waals surface area contributed by atoms with Crippen LogP contribution in [0.2, 0.25) is 0 Å². The van der Waals surface area contributed by atoms with Gasteiger partial charge in [-0.2, -0.15) is 4.89 Å². The largest absolute Gasteiger partial charge is 0.449 e. The minimum absolute atomic E-state index is 0.0150. The second-order valence-corrected chi connectivity index (χ2v) is 18.2. The van der Waals surface area contributed by atoms with Gasteiger partial charge in [0.2, 0.25) is 6.29 Å². The van der Waals surface area contributed by atoms with Crippen LogP contribution in [0.1, 0.15) is 25.8 Å². The summed E-state index contributed by atoms with van der Waals surface area (Å²) in [5.41, 5.74) is 5.96. The number of carbonyl (C=O) groups is 3. The third kappa shape index (κ3) is 9.46. The molecule has 3 fully saturated rings. The number of alkyl halides is 2. The van der Waals surface area contributed by atoms with E-state index in [1.807, 2.05) is 0 Å². The number of aromatic nitrogens is 8. The van der Waals surface area contributed by atoms with Crippen molar-refractivity contribution in [3.05, 3.63) is 25.3 Å². The minimum atomic E-state index is -4.57. The Labute approximate surface area is 339 Å². The molecule has 3 aliphatic heterocycles. The van der Waals surface area contributed by atoms with Gasteiger partial charge in [-0.25, -0.2) is 48.3 Å². The Hall–Kier alpha value is -4.09. The molecule has 4 aromatic rings. The number of nitrogens with zero attached hydrogens (tertiary/aromatic N) is 9. The number of hydrogen-bond donors (Lipinski definition) is 4. The number of fused-ring (bicyclic) bond motifs is 4. The molecule has 4 aromatic heterocycles. The highest BCUT2D eigenvalue weighted by Gasteiger charge is 2.54. The minimum Gasteiger partial charge on any atom is -0.449 e. The second-order valence-electron chi connectivity index (χ2n) is 12.8. The average Bonchev–Trinajstić information content (AvgIpc) is 3.94. The number of nitrogens with two attached hydrogens (primary N) is 1. The van der Waals surface area contributed by atoms with Gasteiger partial charge in [0, 0.05) is 13.5 Å². The number of nitrogen functional groups attached to an aromatic ring is 1. The maximum Gasteiger partial charge on any atom is 0.412 e. The van der Waals surface area contributed by atoms with Crippen molar-refractivity contribution in [2.24, 2.45) is 0 Å². The molecule has 320 valence electrons. The fourth-order valence-corrected chi connectivity index (χ4v) is 8.47. The summed E-state index contributed by atoms with van der Waals surface area (Å²) in [7, 11) is 1.40. The van der Waals surface area contributed by atoms with Crippen LogP contribution in [0.5, 0.6) is 0 Å². The van der Waals surface area contributed by atoms with Gasteiger partial charge in [-0.05, 0) is 30.5 Å². The molecule has 0 radical (unpaired) electrons. The summed E-state index contributed by atoms with van der Waals surface area (Å²) in [5.74, 6) is -0.297. The Bertz CT molecular complexity index is 2330. The lowest BCUT2D eigenvalue weighted by atomic mass is 10.1. The molecule has 31 heteroatoms. The average molecular weight is 912 g/mol. The molecule has 7 heterocycles. The molecule has 2 amide bonds. The number of rotatable bonds is 9. The standard InChI is InChI=1S/C28H33F2N11O14P2S2/c1-12(42)3-5-48-28(44)39(2)4-6-47-27(43)38-21-17-23(35-9-33-21)41(11-37-17)25-15(30)19-26(51-25)52-55-57(46,59)53-18-13(7-49-56(45,58)54-19)50-24(14(18)29)40-10-36-16-20(31)32-8-34-22(16)40/h8-11,13-15,18-19,24-26H,3-7H2,1-2H3,(H,45,58)(H,46,59)(H2,31,32,34)(H,33,35,38,43)/t13-,14-,15-,18-,19+,24-,25-,26-,56?,57?/m1/s1. The van der Waals surface area contributed by atoms with Gasteiger partial charge in [-0.3, -0.25) is 28.3 Å². The second kappa shape index (κ2) is 17.5. The van der Waals surface area contributed by atoms with E-state index in [2.05, 4.69) is 35.2 Å². The van der Waals surface area contributed by atoms with E-state index >= 15 is 8.78 Å². The maximum absolute atomic E-state index is 16.4. The van der Waals surface area contributed by atoms with E-state index < -0.39 is 81.6 Å². The zero-order chi connectivity index (χ0) is 42.2. The highest BCUT2D eigenvalue weighted by molar-refractivity contribution is 8.07. The topological polar surface area (TPSA) is 303 Å². The summed E-state index contributed by atoms with van der Waals surface area (Å²) in [6.45, 7) is -8.78. The highest BCUT2D eigenvalue weighted by Crippen LogP contribution is 2.55. The Morgan fingerprint density at radius 1 is 0.932 bits per heavy atom. The van der Waals surface area contributed by atoms with Crippen LogP contribution >= 0.6 is 13.4 Å². The molecule has 0 spiro atoms. The van der Waals surface area contributed by atoms with Gasteiger partial charge >= 0.3 is 25.6 Å². The van der Waals surface area contributed by atoms with Crippen molar-refractivity contribution in [3.8, 4) is 0 Å². The molecule has 0 aromatic carbocycles. The van der Waals surface area contributed by atoms with Gasteiger partial charge in [0.1, 0.15) is 49.4 Å². The SMILES string of the molecule is CC(=O)CCOC(=O)N(C)CCOC(=O)Nc1ncnc2c1ncn2[C@@H]1O[C@@H]2OOP(O)(=S)O[C@H]3[C@@H](F)[C@H](n4cnc5c(N)ncnc54)O[C@@H]3COP(O)(=S)O[C@H]2[C@H]1F. The van der Waals surface area contributed by atoms with Crippen molar-refractivity contribution in [2.45, 2.75) is 62.7 Å². The van der Waals surface area contributed by atoms with Crippen LogP contribution in [-0.4, -0.2) is 142 Å². The first kappa shape index (κ1) is 43.0. The molecule has 25 nitrogen and oxygen atoms in total. The van der Waals surface area contributed by atoms with Crippen LogP contribution < -0.4 is 11.1 Å². The van der Waals surface area contributed by atoms with Crippen molar-refractivity contribution >= 4 is 89.0 Å². The number of halogens is 2. The summed E-state index contributed by atoms with van der Waals surface area (Å²) in [4.78, 5) is 88.2. The molecular formula is C28H33F2N11O14P2S2. The Balaban J connectivity index is 1.03. The number of anilines is 2. The molecule has 0 saturated carbocycles. The molecule has 7 rings (SSSR count). The summed E-state index contributed by atoms with van der Waals surface area (Å²) < 4.78 is 77.8. The van der Waals surface area contributed by atoms with Gasteiger partial charge in [-0.1, -0.05) is 0 Å². The monoisotopic (exact) mass is 911 g/mol. The number of amides is 2. The zero-order valence-corrected chi connectivity index (χ0v) is 33.7. The van der Waals surface area contributed by atoms with E-state index in [4.69, 9.17) is 71.4 Å². The summed E-state index contributed by atoms with van der Waals surface area (Å²) in [6, 6.07) is 0. The van der Waals surface area contributed by atoms with E-state index in [1.165, 1.54) is 24.9 Å². The lowest BCUT2D eigenvalue weighted by Crippen LogP contribution is -2.36. The molecule has 5 N–H and O–H groups in total. The Kier molecular flexibility index (Phi) is 12.7. The van der Waals surface area contributed by atoms with Crippen molar-refractivity contribution in [1.82, 2.24) is 43.9 Å². The van der Waals surface area contributed by atoms with Crippen molar-refractivity contribution < 1.29 is 75.0 Å². The number of carbonyl (C=O) groups excluding carboxylic acids is 3. The van der Waals surface area contributed by atoms with E-state index in [-0.39, 0.29) is 65.9 Å². The van der Waals surface area contributed by atoms with Crippen LogP contribution in [0, 0.1) is 0 Å². The number of nitrogens with one attached hydrogen (secondary N) is 1. The molecule has 0 bridgehead atoms. The number of likely N-dealkylation sites (N-methyl/N-ethyl adjacent to an activating group) is 1. The molecule has 2 unspecified atom stereocenters. The van der Waals surface area contributed by atoms with E-state index in [0.29, 0.717) is 0 Å². The van der Waals surface area contributed by atoms with Crippen molar-refractivity contribution in [1.29, 1.82) is 0 Å². The van der Waals surface area contributed by atoms with Crippen LogP contribution in [0.4, 0.5) is 30.0 Å². The van der Waals surface area contributed by atoms with E-state index in [0.717, 1.165) is 28.4 Å². The molecular weight excluding hydrogens is 878 g/mol. The quantitative estimate of drug-likeness (QED) is 0.136. The first-order valence-electron chi connectivity index (χ1n) is 17.0. The fourth-order valence-electron chi connectivity index (χ4n) is 5.88. The van der Waals surface area contributed by atoms with E-state index in [1.54, 1.807) is 0 Å². The van der Waals surface area contributed by atoms with Gasteiger partial charge in [0.15, 0.2) is 59.3 Å². The number of imidazole rings is 2. The molecule has 59 heavy (non-hydrogen) atoms. The van der Waals surface area contributed by atoms with Gasteiger partial charge in [-0.15, -0.1) is 4.67 Å². The highest BCUT2D eigenvalue weighted by atomic mass is 32.5. The molecule has 3 aliphatic rings. The van der Waals surface area contributed by atoms with Crippen molar-refractivity contribution in [2.75, 3.05) is 44.5 Å². The fraction of sp³-hybridized carbons (Fsp3) is 0.536. The molecule has 0 aliphatic carbocycles. The number of ketones is 1. The van der Waals surface area contributed by atoms with Gasteiger partial charge in [0.05, 0.1) is 25.8 Å². The van der Waals surface area contributed by atoms with Crippen molar-refractivity contribution in [3.63, 3.8) is 0 Å². The predicted octanol–water partition coefficient (Wildman–Crippen LogP) is 1.46. The normalized spacial score (nSPS) is 31.2. The Morgan fingerprint density at radius 3 is 2.31 bits per heavy atom. The number of Topliss-reactive ketones (excluding diaryl/α,β-unsaturated/α-hetero) is 1. The van der Waals surface area contributed by atoms with Crippen LogP contribution in [0.3, 0.4) is 0 Å². The van der Waals surface area contributed by atoms with Crippen LogP contribution in [-0.2, 0) is 70.5 Å². The third-order valence-corrected chi connectivity index (χ3v) is 11.5. The summed E-state index contributed by atoms with van der Waals surface area (Å²) >= 11 is 10.2. The zero-order valence-electron chi connectivity index (χ0n) is 30.3. The lowest BCUT2D eigenvalue weighted by molar-refractivity contribution is -0.336. The maximum atomic E-state index is 16.4. The van der Waals surface area contributed by atoms with Gasteiger partial charge < -0.3 is 43.9 Å². The predicted molar refractivity (Wildman–Crippen MR) is 198 cm³/mol. The first-order valence-corrected chi connectivity index (χ1v) is 22.2. The first-order chi connectivity index (χ1) is 28.0. The van der Waals surface area contributed by atoms with Crippen LogP contribution in [0.25, 0.3) is 22.3 Å². The summed E-state index contributed by atoms with van der Waals surface area (Å²) in [6.07, 6.45) is -11.8. The van der Waals surface area contributed by atoms with Crippen LogP contribution in [0.15, 0.2) is 25.3 Å². The molecule has 3 saturated heterocycles. The smallest absolute Gasteiger partial charge is 0.412 e.